The maximum Gasteiger partial charge on any atom is 0.328 e. The Bertz CT molecular complexity index is 739. The van der Waals surface area contributed by atoms with Crippen LogP contribution in [-0.2, 0) is 4.79 Å². The number of halogens is 4. The van der Waals surface area contributed by atoms with E-state index in [1.165, 1.54) is 6.08 Å². The lowest BCUT2D eigenvalue weighted by Crippen LogP contribution is -1.90. The molecule has 0 atom stereocenters. The first kappa shape index (κ1) is 16.2. The molecule has 0 aliphatic heterocycles. The standard InChI is InChI=1S/C15H8Cl4O2/c16-9-2-3-10(8(7-9)1-6-13(20)21)14-11(17)4-5-12(18)15(14)19/h1-7H,(H,20,21)/b6-1-. The molecule has 0 heterocycles. The highest BCUT2D eigenvalue weighted by atomic mass is 35.5. The molecule has 0 saturated carbocycles. The highest BCUT2D eigenvalue weighted by molar-refractivity contribution is 6.46. The zero-order chi connectivity index (χ0) is 15.6. The van der Waals surface area contributed by atoms with Crippen LogP contribution in [0.5, 0.6) is 0 Å². The zero-order valence-electron chi connectivity index (χ0n) is 10.4. The first-order chi connectivity index (χ1) is 9.90. The van der Waals surface area contributed by atoms with Crippen LogP contribution in [0.4, 0.5) is 0 Å². The number of rotatable bonds is 3. The first-order valence-electron chi connectivity index (χ1n) is 5.74. The SMILES string of the molecule is O=C(O)/C=C\c1cc(Cl)ccc1-c1c(Cl)ccc(Cl)c1Cl. The lowest BCUT2D eigenvalue weighted by atomic mass is 9.99. The second kappa shape index (κ2) is 6.71. The predicted molar refractivity (Wildman–Crippen MR) is 88.6 cm³/mol. The molecule has 2 nitrogen and oxygen atoms in total. The number of benzene rings is 2. The van der Waals surface area contributed by atoms with E-state index in [-0.39, 0.29) is 0 Å². The highest BCUT2D eigenvalue weighted by Gasteiger charge is 2.14. The summed E-state index contributed by atoms with van der Waals surface area (Å²) in [7, 11) is 0. The van der Waals surface area contributed by atoms with E-state index < -0.39 is 5.97 Å². The molecule has 0 aliphatic carbocycles. The molecule has 0 radical (unpaired) electrons. The second-order valence-electron chi connectivity index (χ2n) is 4.12. The van der Waals surface area contributed by atoms with Gasteiger partial charge in [0, 0.05) is 16.7 Å². The van der Waals surface area contributed by atoms with Gasteiger partial charge in [-0.25, -0.2) is 4.79 Å². The minimum Gasteiger partial charge on any atom is -0.478 e. The molecule has 1 N–H and O–H groups in total. The van der Waals surface area contributed by atoms with E-state index in [1.807, 2.05) is 0 Å². The smallest absolute Gasteiger partial charge is 0.328 e. The third-order valence-electron chi connectivity index (χ3n) is 2.73. The first-order valence-corrected chi connectivity index (χ1v) is 7.25. The Balaban J connectivity index is 2.70. The number of carbonyl (C=O) groups is 1. The van der Waals surface area contributed by atoms with Crippen molar-refractivity contribution >= 4 is 58.4 Å². The Labute approximate surface area is 141 Å². The summed E-state index contributed by atoms with van der Waals surface area (Å²) in [5, 5.41) is 10.3. The normalized spacial score (nSPS) is 11.0. The summed E-state index contributed by atoms with van der Waals surface area (Å²) < 4.78 is 0. The van der Waals surface area contributed by atoms with Gasteiger partial charge in [-0.05, 0) is 41.5 Å². The average Bonchev–Trinajstić information content (AvgIpc) is 2.43. The van der Waals surface area contributed by atoms with E-state index >= 15 is 0 Å². The van der Waals surface area contributed by atoms with Gasteiger partial charge in [-0.15, -0.1) is 0 Å². The van der Waals surface area contributed by atoms with Crippen molar-refractivity contribution in [1.29, 1.82) is 0 Å². The van der Waals surface area contributed by atoms with Crippen molar-refractivity contribution in [2.24, 2.45) is 0 Å². The Morgan fingerprint density at radius 3 is 2.33 bits per heavy atom. The van der Waals surface area contributed by atoms with Crippen molar-refractivity contribution in [2.45, 2.75) is 0 Å². The van der Waals surface area contributed by atoms with Crippen molar-refractivity contribution in [3.8, 4) is 11.1 Å². The molecule has 108 valence electrons. The molecular weight excluding hydrogens is 354 g/mol. The van der Waals surface area contributed by atoms with Gasteiger partial charge < -0.3 is 5.11 Å². The van der Waals surface area contributed by atoms with Crippen molar-refractivity contribution in [3.63, 3.8) is 0 Å². The van der Waals surface area contributed by atoms with Gasteiger partial charge in [0.25, 0.3) is 0 Å². The molecule has 0 fully saturated rings. The average molecular weight is 362 g/mol. The number of carboxylic acids is 1. The van der Waals surface area contributed by atoms with E-state index in [0.717, 1.165) is 6.08 Å². The van der Waals surface area contributed by atoms with Crippen LogP contribution in [-0.4, -0.2) is 11.1 Å². The second-order valence-corrected chi connectivity index (χ2v) is 5.75. The van der Waals surface area contributed by atoms with Gasteiger partial charge in [0.2, 0.25) is 0 Å². The topological polar surface area (TPSA) is 37.3 Å². The van der Waals surface area contributed by atoms with Crippen molar-refractivity contribution < 1.29 is 9.90 Å². The van der Waals surface area contributed by atoms with Gasteiger partial charge in [-0.1, -0.05) is 52.5 Å². The minimum atomic E-state index is -1.07. The molecular formula is C15H8Cl4O2. The van der Waals surface area contributed by atoms with Crippen LogP contribution in [0, 0.1) is 0 Å². The number of aliphatic carboxylic acids is 1. The molecule has 2 aromatic carbocycles. The molecule has 0 aliphatic rings. The molecule has 0 aromatic heterocycles. The van der Waals surface area contributed by atoms with E-state index in [0.29, 0.717) is 36.8 Å². The summed E-state index contributed by atoms with van der Waals surface area (Å²) in [6.45, 7) is 0. The monoisotopic (exact) mass is 360 g/mol. The molecule has 0 saturated heterocycles. The fraction of sp³-hybridized carbons (Fsp3) is 0. The minimum absolute atomic E-state index is 0.302. The van der Waals surface area contributed by atoms with Crippen molar-refractivity contribution in [3.05, 3.63) is 62.1 Å². The summed E-state index contributed by atoms with van der Waals surface area (Å²) in [6, 6.07) is 8.24. The van der Waals surface area contributed by atoms with Crippen LogP contribution >= 0.6 is 46.4 Å². The van der Waals surface area contributed by atoms with Crippen molar-refractivity contribution in [2.75, 3.05) is 0 Å². The van der Waals surface area contributed by atoms with Crippen LogP contribution in [0.1, 0.15) is 5.56 Å². The van der Waals surface area contributed by atoms with Crippen LogP contribution in [0.2, 0.25) is 20.1 Å². The Morgan fingerprint density at radius 1 is 1.00 bits per heavy atom. The summed E-state index contributed by atoms with van der Waals surface area (Å²) in [5.41, 5.74) is 1.76. The van der Waals surface area contributed by atoms with Crippen molar-refractivity contribution in [1.82, 2.24) is 0 Å². The number of hydrogen-bond acceptors (Lipinski definition) is 1. The fourth-order valence-corrected chi connectivity index (χ4v) is 2.75. The van der Waals surface area contributed by atoms with E-state index in [1.54, 1.807) is 30.3 Å². The Morgan fingerprint density at radius 2 is 1.67 bits per heavy atom. The quantitative estimate of drug-likeness (QED) is 0.532. The fourth-order valence-electron chi connectivity index (χ4n) is 1.83. The molecule has 21 heavy (non-hydrogen) atoms. The Kier molecular flexibility index (Phi) is 5.17. The summed E-state index contributed by atoms with van der Waals surface area (Å²) in [5.74, 6) is -1.07. The van der Waals surface area contributed by atoms with E-state index in [9.17, 15) is 4.79 Å². The van der Waals surface area contributed by atoms with Gasteiger partial charge in [0.15, 0.2) is 0 Å². The lowest BCUT2D eigenvalue weighted by Gasteiger charge is -2.12. The molecule has 0 spiro atoms. The predicted octanol–water partition coefficient (Wildman–Crippen LogP) is 6.07. The number of hydrogen-bond donors (Lipinski definition) is 1. The van der Waals surface area contributed by atoms with E-state index in [2.05, 4.69) is 0 Å². The maximum atomic E-state index is 10.7. The lowest BCUT2D eigenvalue weighted by molar-refractivity contribution is -0.131. The molecule has 2 aromatic rings. The van der Waals surface area contributed by atoms with Gasteiger partial charge in [-0.3, -0.25) is 0 Å². The molecule has 2 rings (SSSR count). The van der Waals surface area contributed by atoms with Gasteiger partial charge >= 0.3 is 5.97 Å². The van der Waals surface area contributed by atoms with Gasteiger partial charge in [0.1, 0.15) is 0 Å². The van der Waals surface area contributed by atoms with Crippen LogP contribution in [0.25, 0.3) is 17.2 Å². The summed E-state index contributed by atoms with van der Waals surface area (Å²) in [6.07, 6.45) is 2.44. The molecule has 0 amide bonds. The summed E-state index contributed by atoms with van der Waals surface area (Å²) in [4.78, 5) is 10.7. The number of carboxylic acid groups (broad SMARTS) is 1. The zero-order valence-corrected chi connectivity index (χ0v) is 13.4. The van der Waals surface area contributed by atoms with Crippen LogP contribution in [0.3, 0.4) is 0 Å². The third kappa shape index (κ3) is 3.72. The third-order valence-corrected chi connectivity index (χ3v) is 4.09. The molecule has 6 heteroatoms. The molecule has 0 unspecified atom stereocenters. The van der Waals surface area contributed by atoms with E-state index in [4.69, 9.17) is 51.5 Å². The molecule has 0 bridgehead atoms. The van der Waals surface area contributed by atoms with Gasteiger partial charge in [0.05, 0.1) is 15.1 Å². The van der Waals surface area contributed by atoms with Crippen LogP contribution < -0.4 is 0 Å². The highest BCUT2D eigenvalue weighted by Crippen LogP contribution is 2.41. The van der Waals surface area contributed by atoms with Gasteiger partial charge in [-0.2, -0.15) is 0 Å². The summed E-state index contributed by atoms with van der Waals surface area (Å²) >= 11 is 24.4. The Hall–Kier alpha value is -1.19. The largest absolute Gasteiger partial charge is 0.478 e. The maximum absolute atomic E-state index is 10.7. The van der Waals surface area contributed by atoms with Crippen LogP contribution in [0.15, 0.2) is 36.4 Å².